The molecule has 11 atom stereocenters. The van der Waals surface area contributed by atoms with Crippen molar-refractivity contribution < 1.29 is 20.1 Å². The summed E-state index contributed by atoms with van der Waals surface area (Å²) in [6.45, 7) is 17.7. The lowest BCUT2D eigenvalue weighted by Gasteiger charge is -2.73. The number of carbonyl (C=O) groups is 1. The van der Waals surface area contributed by atoms with Crippen LogP contribution in [0.3, 0.4) is 0 Å². The summed E-state index contributed by atoms with van der Waals surface area (Å²) < 4.78 is 0. The van der Waals surface area contributed by atoms with Gasteiger partial charge in [-0.2, -0.15) is 0 Å². The molecule has 5 aliphatic rings. The van der Waals surface area contributed by atoms with Crippen molar-refractivity contribution in [3.8, 4) is 0 Å². The number of Topliss-reactive ketones (excluding diaryl/α,β-unsaturated/α-hetero) is 1. The molecule has 34 heavy (non-hydrogen) atoms. The van der Waals surface area contributed by atoms with Crippen molar-refractivity contribution >= 4 is 5.78 Å². The average Bonchev–Trinajstić information content (AvgIpc) is 3.06. The highest BCUT2D eigenvalue weighted by Gasteiger charge is 2.74. The lowest BCUT2D eigenvalue weighted by Crippen LogP contribution is -2.72. The van der Waals surface area contributed by atoms with Crippen molar-refractivity contribution in [2.45, 2.75) is 125 Å². The second kappa shape index (κ2) is 7.10. The molecule has 5 rings (SSSR count). The maximum Gasteiger partial charge on any atom is 0.141 e. The van der Waals surface area contributed by atoms with Crippen molar-refractivity contribution in [1.29, 1.82) is 0 Å². The molecule has 0 radical (unpaired) electrons. The molecule has 0 aliphatic heterocycles. The number of aliphatic hydroxyl groups excluding tert-OH is 2. The maximum atomic E-state index is 13.0. The molecule has 0 spiro atoms. The summed E-state index contributed by atoms with van der Waals surface area (Å²) in [5.41, 5.74) is -1.46. The molecule has 4 nitrogen and oxygen atoms in total. The average molecular weight is 475 g/mol. The fraction of sp³-hybridized carbons (Fsp3) is 0.967. The van der Waals surface area contributed by atoms with Gasteiger partial charge in [0.05, 0.1) is 17.8 Å². The minimum absolute atomic E-state index is 0.0197. The molecule has 5 fully saturated rings. The number of aliphatic hydroxyl groups is 3. The van der Waals surface area contributed by atoms with E-state index in [4.69, 9.17) is 0 Å². The van der Waals surface area contributed by atoms with E-state index >= 15 is 0 Å². The van der Waals surface area contributed by atoms with Crippen LogP contribution >= 0.6 is 0 Å². The van der Waals surface area contributed by atoms with E-state index < -0.39 is 28.6 Å². The Morgan fingerprint density at radius 2 is 1.53 bits per heavy atom. The van der Waals surface area contributed by atoms with Gasteiger partial charge in [-0.15, -0.1) is 0 Å². The Morgan fingerprint density at radius 1 is 0.882 bits per heavy atom. The Labute approximate surface area is 207 Å². The first-order valence-corrected chi connectivity index (χ1v) is 14.1. The van der Waals surface area contributed by atoms with Crippen LogP contribution in [0.1, 0.15) is 107 Å². The van der Waals surface area contributed by atoms with Gasteiger partial charge in [0.1, 0.15) is 5.78 Å². The first-order valence-electron chi connectivity index (χ1n) is 14.1. The van der Waals surface area contributed by atoms with Gasteiger partial charge in [-0.1, -0.05) is 41.5 Å². The Morgan fingerprint density at radius 3 is 2.15 bits per heavy atom. The molecule has 3 N–H and O–H groups in total. The van der Waals surface area contributed by atoms with Gasteiger partial charge in [0, 0.05) is 17.3 Å². The van der Waals surface area contributed by atoms with Crippen LogP contribution in [0.25, 0.3) is 0 Å². The SMILES string of the molecule is CC(C)(O)C1CCC2(C)CCC3(C)C(CC(O)C4C5(C)C(O)CC(=O)C(C)(C)C5CCC43C)C12. The zero-order chi connectivity index (χ0) is 25.3. The Hall–Kier alpha value is -0.450. The normalized spacial score (nSPS) is 56.8. The molecule has 0 aromatic carbocycles. The van der Waals surface area contributed by atoms with E-state index in [-0.39, 0.29) is 46.2 Å². The largest absolute Gasteiger partial charge is 0.393 e. The van der Waals surface area contributed by atoms with Gasteiger partial charge < -0.3 is 15.3 Å². The van der Waals surface area contributed by atoms with Gasteiger partial charge >= 0.3 is 0 Å². The lowest BCUT2D eigenvalue weighted by molar-refractivity contribution is -0.285. The molecule has 5 saturated carbocycles. The standard InChI is InChI=1S/C30H50O4/c1-25(2)20-10-12-29(7)24(30(20,8)22(33)16-21(25)32)19(31)15-18-23-17(26(3,4)34)9-11-27(23,5)13-14-28(18,29)6/h17-20,22-24,31,33-34H,9-16H2,1-8H3. The molecule has 0 saturated heterocycles. The van der Waals surface area contributed by atoms with Gasteiger partial charge in [-0.3, -0.25) is 4.79 Å². The molecule has 0 amide bonds. The first-order chi connectivity index (χ1) is 15.4. The first kappa shape index (κ1) is 25.2. The molecular weight excluding hydrogens is 424 g/mol. The summed E-state index contributed by atoms with van der Waals surface area (Å²) in [4.78, 5) is 13.0. The zero-order valence-electron chi connectivity index (χ0n) is 22.9. The predicted octanol–water partition coefficient (Wildman–Crippen LogP) is 5.37. The minimum atomic E-state index is -0.711. The van der Waals surface area contributed by atoms with E-state index in [0.717, 1.165) is 32.1 Å². The number of carbonyl (C=O) groups excluding carboxylic acids is 1. The van der Waals surface area contributed by atoms with E-state index in [1.807, 2.05) is 13.8 Å². The summed E-state index contributed by atoms with van der Waals surface area (Å²) in [5, 5.41) is 34.7. The third-order valence-electron chi connectivity index (χ3n) is 13.6. The van der Waals surface area contributed by atoms with Gasteiger partial charge in [0.2, 0.25) is 0 Å². The summed E-state index contributed by atoms with van der Waals surface area (Å²) in [7, 11) is 0. The van der Waals surface area contributed by atoms with Gasteiger partial charge in [-0.25, -0.2) is 0 Å². The third-order valence-corrected chi connectivity index (χ3v) is 13.6. The predicted molar refractivity (Wildman–Crippen MR) is 134 cm³/mol. The Bertz CT molecular complexity index is 874. The van der Waals surface area contributed by atoms with Gasteiger partial charge in [0.25, 0.3) is 0 Å². The van der Waals surface area contributed by atoms with E-state index in [1.54, 1.807) is 0 Å². The number of hydrogen-bond acceptors (Lipinski definition) is 4. The van der Waals surface area contributed by atoms with E-state index in [0.29, 0.717) is 11.8 Å². The summed E-state index contributed by atoms with van der Waals surface area (Å²) >= 11 is 0. The fourth-order valence-electron chi connectivity index (χ4n) is 11.5. The van der Waals surface area contributed by atoms with E-state index in [1.165, 1.54) is 12.8 Å². The van der Waals surface area contributed by atoms with Crippen molar-refractivity contribution in [3.63, 3.8) is 0 Å². The van der Waals surface area contributed by atoms with Crippen LogP contribution in [0.4, 0.5) is 0 Å². The van der Waals surface area contributed by atoms with E-state index in [9.17, 15) is 20.1 Å². The molecule has 194 valence electrons. The topological polar surface area (TPSA) is 77.8 Å². The second-order valence-electron chi connectivity index (χ2n) is 15.5. The molecule has 4 heteroatoms. The zero-order valence-corrected chi connectivity index (χ0v) is 22.9. The summed E-state index contributed by atoms with van der Waals surface area (Å²) in [6, 6.07) is 0. The van der Waals surface area contributed by atoms with Gasteiger partial charge in [-0.05, 0) is 105 Å². The quantitative estimate of drug-likeness (QED) is 0.477. The molecule has 5 aliphatic carbocycles. The minimum Gasteiger partial charge on any atom is -0.393 e. The fourth-order valence-corrected chi connectivity index (χ4v) is 11.5. The van der Waals surface area contributed by atoms with Crippen LogP contribution in [0.15, 0.2) is 0 Å². The van der Waals surface area contributed by atoms with E-state index in [2.05, 4.69) is 41.5 Å². The molecule has 0 bridgehead atoms. The third kappa shape index (κ3) is 2.86. The van der Waals surface area contributed by atoms with Crippen molar-refractivity contribution in [1.82, 2.24) is 0 Å². The van der Waals surface area contributed by atoms with Crippen LogP contribution in [0.5, 0.6) is 0 Å². The van der Waals surface area contributed by atoms with Crippen LogP contribution in [0, 0.1) is 56.7 Å². The maximum absolute atomic E-state index is 13.0. The number of rotatable bonds is 1. The highest BCUT2D eigenvalue weighted by molar-refractivity contribution is 5.86. The Balaban J connectivity index is 1.61. The van der Waals surface area contributed by atoms with Gasteiger partial charge in [0.15, 0.2) is 0 Å². The van der Waals surface area contributed by atoms with Crippen LogP contribution < -0.4 is 0 Å². The second-order valence-corrected chi connectivity index (χ2v) is 15.5. The molecule has 0 heterocycles. The van der Waals surface area contributed by atoms with Crippen molar-refractivity contribution in [3.05, 3.63) is 0 Å². The smallest absolute Gasteiger partial charge is 0.141 e. The lowest BCUT2D eigenvalue weighted by atomic mass is 9.31. The summed E-state index contributed by atoms with van der Waals surface area (Å²) in [6.07, 6.45) is 6.31. The monoisotopic (exact) mass is 474 g/mol. The van der Waals surface area contributed by atoms with Crippen LogP contribution in [-0.2, 0) is 4.79 Å². The van der Waals surface area contributed by atoms with Crippen molar-refractivity contribution in [2.24, 2.45) is 56.7 Å². The number of fused-ring (bicyclic) bond motifs is 7. The molecular formula is C30H50O4. The van der Waals surface area contributed by atoms with Crippen LogP contribution in [0.2, 0.25) is 0 Å². The Kier molecular flexibility index (Phi) is 5.26. The van der Waals surface area contributed by atoms with Crippen molar-refractivity contribution in [2.75, 3.05) is 0 Å². The highest BCUT2D eigenvalue weighted by atomic mass is 16.3. The number of hydrogen-bond donors (Lipinski definition) is 3. The highest BCUT2D eigenvalue weighted by Crippen LogP contribution is 2.77. The molecule has 11 unspecified atom stereocenters. The molecule has 0 aromatic heterocycles. The summed E-state index contributed by atoms with van der Waals surface area (Å²) in [5.74, 6) is 1.30. The van der Waals surface area contributed by atoms with Crippen LogP contribution in [-0.4, -0.2) is 38.9 Å². The number of ketones is 1. The molecule has 0 aromatic rings.